The van der Waals surface area contributed by atoms with Crippen LogP contribution >= 0.6 is 0 Å². The van der Waals surface area contributed by atoms with Gasteiger partial charge in [0.25, 0.3) is 0 Å². The van der Waals surface area contributed by atoms with E-state index in [9.17, 15) is 0 Å². The third kappa shape index (κ3) is 8.94. The Morgan fingerprint density at radius 1 is 1.25 bits per heavy atom. The Balaban J connectivity index is 3.19. The molecule has 0 aliphatic carbocycles. The summed E-state index contributed by atoms with van der Waals surface area (Å²) in [5.41, 5.74) is 10.1. The zero-order valence-corrected chi connectivity index (χ0v) is 7.66. The monoisotopic (exact) mass is 170 g/mol. The molecule has 0 bridgehead atoms. The maximum Gasteiger partial charge on any atom is 0.211 e. The molecule has 0 fully saturated rings. The highest BCUT2D eigenvalue weighted by Gasteiger charge is 1.84. The molecule has 0 saturated heterocycles. The minimum atomic E-state index is 0.0137. The molecule has 0 aromatic heterocycles. The van der Waals surface area contributed by atoms with Gasteiger partial charge in [-0.15, -0.1) is 5.10 Å². The molecule has 4 N–H and O–H groups in total. The van der Waals surface area contributed by atoms with Crippen molar-refractivity contribution in [1.29, 1.82) is 0 Å². The highest BCUT2D eigenvalue weighted by molar-refractivity contribution is 5.76. The summed E-state index contributed by atoms with van der Waals surface area (Å²) in [5, 5.41) is 7.17. The summed E-state index contributed by atoms with van der Waals surface area (Å²) in [7, 11) is 0. The smallest absolute Gasteiger partial charge is 0.211 e. The van der Waals surface area contributed by atoms with Crippen LogP contribution in [0, 0.1) is 0 Å². The highest BCUT2D eigenvalue weighted by atomic mass is 15.3. The van der Waals surface area contributed by atoms with E-state index >= 15 is 0 Å². The molecule has 0 radical (unpaired) electrons. The average molecular weight is 170 g/mol. The standard InChI is InChI=1S/C8H18N4/c1-2-3-4-5-6-7-11-12-8(9)10/h7H,2-6H2,1H3,(H4,9,10,12). The predicted octanol–water partition coefficient (Wildman–Crippen LogP) is 1.22. The molecule has 0 aliphatic rings. The van der Waals surface area contributed by atoms with Crippen molar-refractivity contribution < 1.29 is 0 Å². The van der Waals surface area contributed by atoms with E-state index < -0.39 is 0 Å². The molecule has 0 aromatic carbocycles. The van der Waals surface area contributed by atoms with Crippen molar-refractivity contribution in [3.63, 3.8) is 0 Å². The van der Waals surface area contributed by atoms with Crippen LogP contribution < -0.4 is 11.5 Å². The van der Waals surface area contributed by atoms with E-state index in [1.54, 1.807) is 6.21 Å². The van der Waals surface area contributed by atoms with Crippen molar-refractivity contribution in [2.24, 2.45) is 21.7 Å². The second-order valence-electron chi connectivity index (χ2n) is 2.67. The van der Waals surface area contributed by atoms with Crippen LogP contribution in [0.1, 0.15) is 39.0 Å². The fourth-order valence-electron chi connectivity index (χ4n) is 0.828. The maximum atomic E-state index is 5.07. The Bertz CT molecular complexity index is 147. The Morgan fingerprint density at radius 2 is 2.00 bits per heavy atom. The van der Waals surface area contributed by atoms with Gasteiger partial charge in [-0.05, 0) is 12.8 Å². The number of guanidine groups is 1. The molecule has 4 nitrogen and oxygen atoms in total. The summed E-state index contributed by atoms with van der Waals surface area (Å²) in [6.45, 7) is 2.19. The highest BCUT2D eigenvalue weighted by Crippen LogP contribution is 2.00. The van der Waals surface area contributed by atoms with Gasteiger partial charge in [0.2, 0.25) is 5.96 Å². The number of nitrogens with zero attached hydrogens (tertiary/aromatic N) is 2. The number of hydrogen-bond acceptors (Lipinski definition) is 2. The molecule has 0 heterocycles. The minimum absolute atomic E-state index is 0.0137. The topological polar surface area (TPSA) is 76.8 Å². The minimum Gasteiger partial charge on any atom is -0.369 e. The van der Waals surface area contributed by atoms with Crippen molar-refractivity contribution in [3.8, 4) is 0 Å². The van der Waals surface area contributed by atoms with E-state index in [1.807, 2.05) is 0 Å². The first-order valence-electron chi connectivity index (χ1n) is 4.37. The molecule has 0 saturated carbocycles. The lowest BCUT2D eigenvalue weighted by molar-refractivity contribution is 0.685. The van der Waals surface area contributed by atoms with Gasteiger partial charge in [-0.1, -0.05) is 26.2 Å². The van der Waals surface area contributed by atoms with Gasteiger partial charge in [-0.2, -0.15) is 5.10 Å². The van der Waals surface area contributed by atoms with Crippen molar-refractivity contribution in [3.05, 3.63) is 0 Å². The summed E-state index contributed by atoms with van der Waals surface area (Å²) in [5.74, 6) is 0.0137. The van der Waals surface area contributed by atoms with Crippen LogP contribution in [0.4, 0.5) is 0 Å². The lowest BCUT2D eigenvalue weighted by atomic mass is 10.2. The molecule has 0 spiro atoms. The van der Waals surface area contributed by atoms with Gasteiger partial charge < -0.3 is 11.5 Å². The lowest BCUT2D eigenvalue weighted by Gasteiger charge is -1.92. The van der Waals surface area contributed by atoms with Crippen LogP contribution in [0.15, 0.2) is 10.2 Å². The quantitative estimate of drug-likeness (QED) is 0.272. The molecule has 0 atom stereocenters. The Kier molecular flexibility index (Phi) is 7.33. The molecular weight excluding hydrogens is 152 g/mol. The van der Waals surface area contributed by atoms with Gasteiger partial charge in [-0.3, -0.25) is 0 Å². The van der Waals surface area contributed by atoms with Crippen LogP contribution in [-0.2, 0) is 0 Å². The van der Waals surface area contributed by atoms with Gasteiger partial charge in [0.1, 0.15) is 0 Å². The molecule has 4 heteroatoms. The molecule has 0 aromatic rings. The van der Waals surface area contributed by atoms with Crippen LogP contribution in [0.2, 0.25) is 0 Å². The van der Waals surface area contributed by atoms with E-state index in [0.717, 1.165) is 12.8 Å². The van der Waals surface area contributed by atoms with Crippen molar-refractivity contribution in [1.82, 2.24) is 0 Å². The lowest BCUT2D eigenvalue weighted by Crippen LogP contribution is -2.21. The van der Waals surface area contributed by atoms with E-state index in [-0.39, 0.29) is 5.96 Å². The normalized spacial score (nSPS) is 10.4. The van der Waals surface area contributed by atoms with E-state index in [1.165, 1.54) is 19.3 Å². The zero-order chi connectivity index (χ0) is 9.23. The summed E-state index contributed by atoms with van der Waals surface area (Å²) in [6.07, 6.45) is 7.66. The van der Waals surface area contributed by atoms with Crippen molar-refractivity contribution in [2.75, 3.05) is 0 Å². The first kappa shape index (κ1) is 10.9. The average Bonchev–Trinajstić information content (AvgIpc) is 2.02. The summed E-state index contributed by atoms with van der Waals surface area (Å²) < 4.78 is 0. The third-order valence-electron chi connectivity index (χ3n) is 1.44. The Labute approximate surface area is 73.7 Å². The molecule has 70 valence electrons. The molecule has 0 amide bonds. The van der Waals surface area contributed by atoms with Gasteiger partial charge >= 0.3 is 0 Å². The molecular formula is C8H18N4. The Morgan fingerprint density at radius 3 is 2.58 bits per heavy atom. The van der Waals surface area contributed by atoms with Crippen molar-refractivity contribution >= 4 is 12.2 Å². The SMILES string of the molecule is CCCCCCC=NN=C(N)N. The second kappa shape index (κ2) is 8.04. The first-order chi connectivity index (χ1) is 5.77. The summed E-state index contributed by atoms with van der Waals surface area (Å²) in [6, 6.07) is 0. The molecule has 12 heavy (non-hydrogen) atoms. The van der Waals surface area contributed by atoms with E-state index in [2.05, 4.69) is 17.1 Å². The van der Waals surface area contributed by atoms with Crippen LogP contribution in [0.3, 0.4) is 0 Å². The maximum absolute atomic E-state index is 5.07. The second-order valence-corrected chi connectivity index (χ2v) is 2.67. The van der Waals surface area contributed by atoms with Crippen LogP contribution in [0.25, 0.3) is 0 Å². The van der Waals surface area contributed by atoms with Crippen LogP contribution in [-0.4, -0.2) is 12.2 Å². The zero-order valence-electron chi connectivity index (χ0n) is 7.66. The number of nitrogens with two attached hydrogens (primary N) is 2. The summed E-state index contributed by atoms with van der Waals surface area (Å²) in [4.78, 5) is 0. The number of rotatable bonds is 6. The first-order valence-corrected chi connectivity index (χ1v) is 4.37. The predicted molar refractivity (Wildman–Crippen MR) is 53.1 cm³/mol. The molecule has 0 unspecified atom stereocenters. The Hall–Kier alpha value is -1.06. The fraction of sp³-hybridized carbons (Fsp3) is 0.750. The van der Waals surface area contributed by atoms with Crippen LogP contribution in [0.5, 0.6) is 0 Å². The van der Waals surface area contributed by atoms with E-state index in [4.69, 9.17) is 11.5 Å². The van der Waals surface area contributed by atoms with Gasteiger partial charge in [0.15, 0.2) is 0 Å². The van der Waals surface area contributed by atoms with Gasteiger partial charge in [0, 0.05) is 6.21 Å². The molecule has 0 aliphatic heterocycles. The van der Waals surface area contributed by atoms with E-state index in [0.29, 0.717) is 0 Å². The number of unbranched alkanes of at least 4 members (excludes halogenated alkanes) is 4. The van der Waals surface area contributed by atoms with Gasteiger partial charge in [-0.25, -0.2) is 0 Å². The third-order valence-corrected chi connectivity index (χ3v) is 1.44. The van der Waals surface area contributed by atoms with Crippen molar-refractivity contribution in [2.45, 2.75) is 39.0 Å². The number of hydrogen-bond donors (Lipinski definition) is 2. The van der Waals surface area contributed by atoms with Gasteiger partial charge in [0.05, 0.1) is 0 Å². The summed E-state index contributed by atoms with van der Waals surface area (Å²) >= 11 is 0. The molecule has 0 rings (SSSR count). The largest absolute Gasteiger partial charge is 0.369 e. The fourth-order valence-corrected chi connectivity index (χ4v) is 0.828.